The molecule has 33 heavy (non-hydrogen) atoms. The van der Waals surface area contributed by atoms with Gasteiger partial charge in [0, 0.05) is 12.6 Å². The highest BCUT2D eigenvalue weighted by molar-refractivity contribution is 7.92. The Morgan fingerprint density at radius 2 is 1.88 bits per heavy atom. The molecule has 0 fully saturated rings. The Labute approximate surface area is 196 Å². The summed E-state index contributed by atoms with van der Waals surface area (Å²) >= 11 is 6.14. The summed E-state index contributed by atoms with van der Waals surface area (Å²) in [7, 11) is -3.91. The van der Waals surface area contributed by atoms with Crippen LogP contribution in [0.15, 0.2) is 82.3 Å². The zero-order chi connectivity index (χ0) is 23.8. The molecule has 0 atom stereocenters. The van der Waals surface area contributed by atoms with Crippen LogP contribution in [-0.4, -0.2) is 33.4 Å². The molecule has 8 nitrogen and oxygen atoms in total. The molecule has 0 bridgehead atoms. The van der Waals surface area contributed by atoms with E-state index in [0.717, 1.165) is 6.08 Å². The minimum absolute atomic E-state index is 0.0497. The molecule has 0 spiro atoms. The number of anilines is 2. The van der Waals surface area contributed by atoms with Crippen LogP contribution in [0, 0.1) is 0 Å². The van der Waals surface area contributed by atoms with Gasteiger partial charge in [-0.05, 0) is 55.5 Å². The second kappa shape index (κ2) is 10.8. The number of sulfonamides is 1. The zero-order valence-electron chi connectivity index (χ0n) is 17.6. The van der Waals surface area contributed by atoms with Gasteiger partial charge in [-0.2, -0.15) is 0 Å². The molecule has 0 aliphatic rings. The summed E-state index contributed by atoms with van der Waals surface area (Å²) in [5.74, 6) is -0.968. The van der Waals surface area contributed by atoms with Crippen LogP contribution in [0.1, 0.15) is 12.7 Å². The molecule has 1 aromatic heterocycles. The van der Waals surface area contributed by atoms with E-state index in [-0.39, 0.29) is 22.2 Å². The number of carbonyl (C=O) groups excluding carboxylic acids is 2. The number of halogens is 1. The molecular weight excluding hydrogens is 468 g/mol. The minimum Gasteiger partial charge on any atom is -0.465 e. The van der Waals surface area contributed by atoms with Crippen molar-refractivity contribution in [2.45, 2.75) is 11.8 Å². The van der Waals surface area contributed by atoms with Crippen LogP contribution in [0.25, 0.3) is 6.08 Å². The van der Waals surface area contributed by atoms with Gasteiger partial charge in [-0.25, -0.2) is 13.2 Å². The minimum atomic E-state index is -3.91. The number of ether oxygens (including phenoxy) is 1. The summed E-state index contributed by atoms with van der Waals surface area (Å²) in [6.45, 7) is 1.34. The average molecular weight is 489 g/mol. The molecule has 0 saturated heterocycles. The highest BCUT2D eigenvalue weighted by Crippen LogP contribution is 2.29. The van der Waals surface area contributed by atoms with Gasteiger partial charge in [-0.3, -0.25) is 9.10 Å². The van der Waals surface area contributed by atoms with E-state index in [2.05, 4.69) is 5.32 Å². The molecule has 3 rings (SSSR count). The van der Waals surface area contributed by atoms with Gasteiger partial charge in [0.05, 0.1) is 27.6 Å². The van der Waals surface area contributed by atoms with Gasteiger partial charge in [0.1, 0.15) is 5.76 Å². The standard InChI is InChI=1S/C23H21ClN2O6S/c1-2-26(17-7-4-3-5-8-17)33(29,30)19-11-12-20(24)21(15-19)25-22(27)16-32-23(28)13-10-18-9-6-14-31-18/h3-15H,2,16H2,1H3,(H,25,27)/b13-10+. The molecule has 0 aliphatic carbocycles. The average Bonchev–Trinajstić information content (AvgIpc) is 3.32. The summed E-state index contributed by atoms with van der Waals surface area (Å²) in [5.41, 5.74) is 0.587. The smallest absolute Gasteiger partial charge is 0.331 e. The summed E-state index contributed by atoms with van der Waals surface area (Å²) in [5, 5.41) is 2.60. The maximum atomic E-state index is 13.2. The quantitative estimate of drug-likeness (QED) is 0.354. The van der Waals surface area contributed by atoms with E-state index in [1.807, 2.05) is 0 Å². The van der Waals surface area contributed by atoms with Crippen LogP contribution in [-0.2, 0) is 24.3 Å². The first kappa shape index (κ1) is 24.1. The fourth-order valence-corrected chi connectivity index (χ4v) is 4.55. The monoisotopic (exact) mass is 488 g/mol. The fourth-order valence-electron chi connectivity index (χ4n) is 2.88. The Morgan fingerprint density at radius 3 is 2.55 bits per heavy atom. The van der Waals surface area contributed by atoms with Gasteiger partial charge in [0.15, 0.2) is 6.61 Å². The van der Waals surface area contributed by atoms with E-state index in [4.69, 9.17) is 20.8 Å². The van der Waals surface area contributed by atoms with E-state index in [1.54, 1.807) is 49.4 Å². The maximum absolute atomic E-state index is 13.2. The first-order chi connectivity index (χ1) is 15.8. The number of hydrogen-bond acceptors (Lipinski definition) is 6. The lowest BCUT2D eigenvalue weighted by molar-refractivity contribution is -0.142. The second-order valence-electron chi connectivity index (χ2n) is 6.65. The van der Waals surface area contributed by atoms with E-state index in [0.29, 0.717) is 11.4 Å². The van der Waals surface area contributed by atoms with E-state index in [9.17, 15) is 18.0 Å². The van der Waals surface area contributed by atoms with Crippen LogP contribution in [0.3, 0.4) is 0 Å². The highest BCUT2D eigenvalue weighted by Gasteiger charge is 2.24. The third-order valence-corrected chi connectivity index (χ3v) is 6.63. The first-order valence-corrected chi connectivity index (χ1v) is 11.7. The van der Waals surface area contributed by atoms with E-state index in [1.165, 1.54) is 34.8 Å². The lowest BCUT2D eigenvalue weighted by Gasteiger charge is -2.23. The number of carbonyl (C=O) groups is 2. The van der Waals surface area contributed by atoms with Crippen LogP contribution >= 0.6 is 11.6 Å². The normalized spacial score (nSPS) is 11.3. The number of para-hydroxylation sites is 1. The molecule has 2 aromatic carbocycles. The summed E-state index contributed by atoms with van der Waals surface area (Å²) < 4.78 is 37.5. The third kappa shape index (κ3) is 6.24. The molecule has 3 aromatic rings. The number of benzene rings is 2. The van der Waals surface area contributed by atoms with Crippen LogP contribution in [0.4, 0.5) is 11.4 Å². The molecule has 0 unspecified atom stereocenters. The SMILES string of the molecule is CCN(c1ccccc1)S(=O)(=O)c1ccc(Cl)c(NC(=O)COC(=O)/C=C/c2ccco2)c1. The Bertz CT molecular complexity index is 1240. The predicted octanol–water partition coefficient (Wildman–Crippen LogP) is 4.34. The van der Waals surface area contributed by atoms with Crippen molar-refractivity contribution in [3.05, 3.63) is 83.8 Å². The Hall–Kier alpha value is -3.56. The molecule has 1 amide bonds. The lowest BCUT2D eigenvalue weighted by atomic mass is 10.3. The number of hydrogen-bond donors (Lipinski definition) is 1. The van der Waals surface area contributed by atoms with Gasteiger partial charge in [-0.15, -0.1) is 0 Å². The number of nitrogens with one attached hydrogen (secondary N) is 1. The maximum Gasteiger partial charge on any atom is 0.331 e. The predicted molar refractivity (Wildman–Crippen MR) is 125 cm³/mol. The number of rotatable bonds is 9. The molecule has 1 heterocycles. The van der Waals surface area contributed by atoms with Gasteiger partial charge in [0.2, 0.25) is 0 Å². The van der Waals surface area contributed by atoms with Crippen molar-refractivity contribution in [2.75, 3.05) is 22.8 Å². The van der Waals surface area contributed by atoms with Crippen molar-refractivity contribution in [3.63, 3.8) is 0 Å². The van der Waals surface area contributed by atoms with E-state index < -0.39 is 28.5 Å². The molecule has 10 heteroatoms. The van der Waals surface area contributed by atoms with Crippen molar-refractivity contribution >= 4 is 51.0 Å². The van der Waals surface area contributed by atoms with Crippen molar-refractivity contribution in [3.8, 4) is 0 Å². The molecule has 172 valence electrons. The zero-order valence-corrected chi connectivity index (χ0v) is 19.2. The number of amides is 1. The molecule has 0 saturated carbocycles. The number of nitrogens with zero attached hydrogens (tertiary/aromatic N) is 1. The largest absolute Gasteiger partial charge is 0.465 e. The number of furan rings is 1. The summed E-state index contributed by atoms with van der Waals surface area (Å²) in [6.07, 6.45) is 3.98. The van der Waals surface area contributed by atoms with Crippen molar-refractivity contribution < 1.29 is 27.2 Å². The van der Waals surface area contributed by atoms with Gasteiger partial charge >= 0.3 is 5.97 Å². The number of esters is 1. The second-order valence-corrected chi connectivity index (χ2v) is 8.92. The fraction of sp³-hybridized carbons (Fsp3) is 0.130. The highest BCUT2D eigenvalue weighted by atomic mass is 35.5. The van der Waals surface area contributed by atoms with Crippen LogP contribution in [0.2, 0.25) is 5.02 Å². The molecular formula is C23H21ClN2O6S. The van der Waals surface area contributed by atoms with Crippen LogP contribution in [0.5, 0.6) is 0 Å². The lowest BCUT2D eigenvalue weighted by Crippen LogP contribution is -2.30. The Kier molecular flexibility index (Phi) is 7.92. The first-order valence-electron chi connectivity index (χ1n) is 9.87. The van der Waals surface area contributed by atoms with Gasteiger partial charge < -0.3 is 14.5 Å². The molecule has 0 aliphatic heterocycles. The van der Waals surface area contributed by atoms with Gasteiger partial charge in [0.25, 0.3) is 15.9 Å². The summed E-state index contributed by atoms with van der Waals surface area (Å²) in [4.78, 5) is 23.9. The van der Waals surface area contributed by atoms with Crippen LogP contribution < -0.4 is 9.62 Å². The van der Waals surface area contributed by atoms with Crippen molar-refractivity contribution in [1.82, 2.24) is 0 Å². The molecule has 0 radical (unpaired) electrons. The summed E-state index contributed by atoms with van der Waals surface area (Å²) in [6, 6.07) is 16.0. The third-order valence-electron chi connectivity index (χ3n) is 4.40. The topological polar surface area (TPSA) is 106 Å². The Morgan fingerprint density at radius 1 is 1.12 bits per heavy atom. The molecule has 1 N–H and O–H groups in total. The van der Waals surface area contributed by atoms with Gasteiger partial charge in [-0.1, -0.05) is 29.8 Å². The Balaban J connectivity index is 1.69. The van der Waals surface area contributed by atoms with Crippen molar-refractivity contribution in [2.24, 2.45) is 0 Å². The van der Waals surface area contributed by atoms with E-state index >= 15 is 0 Å². The van der Waals surface area contributed by atoms with Crippen molar-refractivity contribution in [1.29, 1.82) is 0 Å².